The highest BCUT2D eigenvalue weighted by Gasteiger charge is 2.12. The van der Waals surface area contributed by atoms with E-state index in [1.807, 2.05) is 0 Å². The Morgan fingerprint density at radius 3 is 2.56 bits per heavy atom. The van der Waals surface area contributed by atoms with Crippen LogP contribution >= 0.6 is 0 Å². The van der Waals surface area contributed by atoms with E-state index in [2.05, 4.69) is 10.5 Å². The number of nitrogens with two attached hydrogens (primary N) is 3. The molecule has 7 nitrogen and oxygen atoms in total. The Kier molecular flexibility index (Phi) is 3.67. The Bertz CT molecular complexity index is 426. The topological polar surface area (TPSA) is 129 Å². The number of aliphatic imine (C=N–C) groups is 1. The zero-order valence-electron chi connectivity index (χ0n) is 8.73. The fraction of sp³-hybridized carbons (Fsp3) is 0.111. The van der Waals surface area contributed by atoms with Gasteiger partial charge in [-0.3, -0.25) is 15.1 Å². The van der Waals surface area contributed by atoms with Gasteiger partial charge in [-0.2, -0.15) is 0 Å². The largest absolute Gasteiger partial charge is 0.370 e. The predicted molar refractivity (Wildman–Crippen MR) is 61.1 cm³/mol. The number of primary amides is 1. The standard InChI is InChI=1S/C9H13N5O2/c1-16-14-6-4-2-3-5(8(10)15)7(6)13-9(11)12/h2-4,14H,1H3,(H2,10,15)(H4,11,12,13). The molecule has 1 rings (SSSR count). The SMILES string of the molecule is CONc1cccc(C(N)=O)c1N=C(N)N. The summed E-state index contributed by atoms with van der Waals surface area (Å²) in [5.74, 6) is -0.799. The molecular weight excluding hydrogens is 210 g/mol. The maximum atomic E-state index is 11.2. The lowest BCUT2D eigenvalue weighted by Crippen LogP contribution is -2.22. The number of rotatable bonds is 4. The molecule has 0 aliphatic rings. The van der Waals surface area contributed by atoms with Gasteiger partial charge in [-0.1, -0.05) is 6.07 Å². The van der Waals surface area contributed by atoms with Crippen LogP contribution in [0, 0.1) is 0 Å². The average Bonchev–Trinajstić information content (AvgIpc) is 2.19. The lowest BCUT2D eigenvalue weighted by molar-refractivity contribution is 0.100. The molecule has 0 fully saturated rings. The van der Waals surface area contributed by atoms with Gasteiger partial charge in [0.05, 0.1) is 18.4 Å². The summed E-state index contributed by atoms with van der Waals surface area (Å²) >= 11 is 0. The van der Waals surface area contributed by atoms with Crippen LogP contribution in [-0.2, 0) is 4.84 Å². The van der Waals surface area contributed by atoms with E-state index in [1.54, 1.807) is 12.1 Å². The molecule has 7 N–H and O–H groups in total. The molecule has 0 bridgehead atoms. The smallest absolute Gasteiger partial charge is 0.250 e. The minimum atomic E-state index is -0.625. The van der Waals surface area contributed by atoms with Crippen LogP contribution in [0.3, 0.4) is 0 Å². The molecule has 0 unspecified atom stereocenters. The van der Waals surface area contributed by atoms with Crippen molar-refractivity contribution in [1.29, 1.82) is 0 Å². The Hall–Kier alpha value is -2.28. The van der Waals surface area contributed by atoms with Crippen molar-refractivity contribution in [1.82, 2.24) is 0 Å². The quantitative estimate of drug-likeness (QED) is 0.315. The highest BCUT2D eigenvalue weighted by molar-refractivity contribution is 6.01. The third-order valence-electron chi connectivity index (χ3n) is 1.75. The summed E-state index contributed by atoms with van der Waals surface area (Å²) < 4.78 is 0. The summed E-state index contributed by atoms with van der Waals surface area (Å²) in [6, 6.07) is 4.80. The molecule has 1 aromatic rings. The van der Waals surface area contributed by atoms with Crippen molar-refractivity contribution in [2.24, 2.45) is 22.2 Å². The third-order valence-corrected chi connectivity index (χ3v) is 1.75. The van der Waals surface area contributed by atoms with E-state index in [9.17, 15) is 4.79 Å². The fourth-order valence-corrected chi connectivity index (χ4v) is 1.18. The van der Waals surface area contributed by atoms with Crippen LogP contribution < -0.4 is 22.7 Å². The first kappa shape index (κ1) is 11.8. The molecular formula is C9H13N5O2. The number of carbonyl (C=O) groups excluding carboxylic acids is 1. The van der Waals surface area contributed by atoms with Gasteiger partial charge in [0.2, 0.25) is 0 Å². The van der Waals surface area contributed by atoms with E-state index in [-0.39, 0.29) is 17.2 Å². The van der Waals surface area contributed by atoms with Crippen LogP contribution in [0.5, 0.6) is 0 Å². The first-order chi connectivity index (χ1) is 7.56. The molecule has 0 saturated heterocycles. The molecule has 0 atom stereocenters. The van der Waals surface area contributed by atoms with Crippen LogP contribution in [0.1, 0.15) is 10.4 Å². The van der Waals surface area contributed by atoms with Crippen molar-refractivity contribution in [3.05, 3.63) is 23.8 Å². The highest BCUT2D eigenvalue weighted by atomic mass is 16.6. The lowest BCUT2D eigenvalue weighted by atomic mass is 10.1. The lowest BCUT2D eigenvalue weighted by Gasteiger charge is -2.09. The molecule has 0 aliphatic carbocycles. The van der Waals surface area contributed by atoms with Gasteiger partial charge in [-0.25, -0.2) is 4.99 Å². The van der Waals surface area contributed by atoms with Gasteiger partial charge in [0, 0.05) is 0 Å². The number of benzene rings is 1. The van der Waals surface area contributed by atoms with E-state index in [0.29, 0.717) is 5.69 Å². The first-order valence-corrected chi connectivity index (χ1v) is 4.37. The third kappa shape index (κ3) is 2.61. The molecule has 0 saturated carbocycles. The number of hydrogen-bond acceptors (Lipinski definition) is 4. The van der Waals surface area contributed by atoms with Crippen molar-refractivity contribution in [3.63, 3.8) is 0 Å². The number of guanidine groups is 1. The molecule has 0 radical (unpaired) electrons. The maximum absolute atomic E-state index is 11.2. The number of hydrogen-bond donors (Lipinski definition) is 4. The Labute approximate surface area is 92.2 Å². The van der Waals surface area contributed by atoms with Gasteiger partial charge in [0.15, 0.2) is 5.96 Å². The molecule has 7 heteroatoms. The van der Waals surface area contributed by atoms with Crippen molar-refractivity contribution in [2.45, 2.75) is 0 Å². The molecule has 0 aliphatic heterocycles. The van der Waals surface area contributed by atoms with E-state index in [4.69, 9.17) is 22.0 Å². The Morgan fingerprint density at radius 1 is 1.38 bits per heavy atom. The molecule has 86 valence electrons. The van der Waals surface area contributed by atoms with Gasteiger partial charge in [-0.15, -0.1) is 0 Å². The molecule has 0 aromatic heterocycles. The molecule has 0 spiro atoms. The predicted octanol–water partition coefficient (Wildman–Crippen LogP) is -0.336. The maximum Gasteiger partial charge on any atom is 0.250 e. The molecule has 16 heavy (non-hydrogen) atoms. The first-order valence-electron chi connectivity index (χ1n) is 4.37. The van der Waals surface area contributed by atoms with E-state index in [0.717, 1.165) is 0 Å². The minimum Gasteiger partial charge on any atom is -0.370 e. The fourth-order valence-electron chi connectivity index (χ4n) is 1.18. The molecule has 1 aromatic carbocycles. The summed E-state index contributed by atoms with van der Waals surface area (Å²) in [7, 11) is 1.43. The Morgan fingerprint density at radius 2 is 2.06 bits per heavy atom. The van der Waals surface area contributed by atoms with Gasteiger partial charge in [0.1, 0.15) is 5.69 Å². The second kappa shape index (κ2) is 4.99. The zero-order chi connectivity index (χ0) is 12.1. The van der Waals surface area contributed by atoms with E-state index < -0.39 is 5.91 Å². The summed E-state index contributed by atoms with van der Waals surface area (Å²) in [6.45, 7) is 0. The monoisotopic (exact) mass is 223 g/mol. The summed E-state index contributed by atoms with van der Waals surface area (Å²) in [5.41, 5.74) is 19.2. The number of nitrogens with zero attached hydrogens (tertiary/aromatic N) is 1. The molecule has 1 amide bonds. The number of anilines is 1. The second-order valence-electron chi connectivity index (χ2n) is 2.91. The average molecular weight is 223 g/mol. The minimum absolute atomic E-state index is 0.173. The van der Waals surface area contributed by atoms with Crippen LogP contribution in [0.25, 0.3) is 0 Å². The summed E-state index contributed by atoms with van der Waals surface area (Å²) in [5, 5.41) is 0. The number of amides is 1. The van der Waals surface area contributed by atoms with Crippen LogP contribution in [0.2, 0.25) is 0 Å². The van der Waals surface area contributed by atoms with Crippen molar-refractivity contribution < 1.29 is 9.63 Å². The zero-order valence-corrected chi connectivity index (χ0v) is 8.73. The van der Waals surface area contributed by atoms with Crippen molar-refractivity contribution in [3.8, 4) is 0 Å². The van der Waals surface area contributed by atoms with Crippen LogP contribution in [-0.4, -0.2) is 19.0 Å². The highest BCUT2D eigenvalue weighted by Crippen LogP contribution is 2.28. The number of para-hydroxylation sites is 1. The molecule has 0 heterocycles. The second-order valence-corrected chi connectivity index (χ2v) is 2.91. The van der Waals surface area contributed by atoms with E-state index in [1.165, 1.54) is 13.2 Å². The number of carbonyl (C=O) groups is 1. The summed E-state index contributed by atoms with van der Waals surface area (Å²) in [6.07, 6.45) is 0. The van der Waals surface area contributed by atoms with Crippen LogP contribution in [0.15, 0.2) is 23.2 Å². The van der Waals surface area contributed by atoms with Gasteiger partial charge >= 0.3 is 0 Å². The van der Waals surface area contributed by atoms with Gasteiger partial charge in [-0.05, 0) is 12.1 Å². The van der Waals surface area contributed by atoms with Crippen molar-refractivity contribution in [2.75, 3.05) is 12.6 Å². The van der Waals surface area contributed by atoms with Crippen molar-refractivity contribution >= 4 is 23.2 Å². The Balaban J connectivity index is 3.34. The van der Waals surface area contributed by atoms with Gasteiger partial charge < -0.3 is 17.2 Å². The van der Waals surface area contributed by atoms with E-state index >= 15 is 0 Å². The van der Waals surface area contributed by atoms with Gasteiger partial charge in [0.25, 0.3) is 5.91 Å². The van der Waals surface area contributed by atoms with Crippen LogP contribution in [0.4, 0.5) is 11.4 Å². The normalized spacial score (nSPS) is 9.56. The summed E-state index contributed by atoms with van der Waals surface area (Å²) in [4.78, 5) is 19.7. The number of nitrogens with one attached hydrogen (secondary N) is 1.